The summed E-state index contributed by atoms with van der Waals surface area (Å²) in [4.78, 5) is 4.06. The Kier molecular flexibility index (Phi) is 4.85. The van der Waals surface area contributed by atoms with E-state index in [0.29, 0.717) is 17.9 Å². The lowest BCUT2D eigenvalue weighted by Crippen LogP contribution is -2.38. The first kappa shape index (κ1) is 13.9. The molecule has 0 aliphatic rings. The zero-order valence-electron chi connectivity index (χ0n) is 10.3. The average Bonchev–Trinajstić information content (AvgIpc) is 2.43. The third kappa shape index (κ3) is 3.99. The van der Waals surface area contributed by atoms with E-state index in [0.717, 1.165) is 11.1 Å². The molecule has 2 aromatic rings. The Hall–Kier alpha value is -1.49. The molecular weight excluding hydrogens is 265 g/mol. The lowest BCUT2D eigenvalue weighted by molar-refractivity contribution is 0.520. The number of hydrogen-bond acceptors (Lipinski definition) is 3. The molecule has 0 aliphatic carbocycles. The predicted octanol–water partition coefficient (Wildman–Crippen LogP) is 2.49. The van der Waals surface area contributed by atoms with Crippen molar-refractivity contribution in [3.8, 4) is 0 Å². The molecule has 0 aliphatic heterocycles. The number of nitrogens with zero attached hydrogens (tertiary/aromatic N) is 1. The minimum atomic E-state index is -0.295. The fourth-order valence-corrected chi connectivity index (χ4v) is 2.15. The number of nitrogens with two attached hydrogens (primary N) is 1. The van der Waals surface area contributed by atoms with E-state index in [1.165, 1.54) is 12.1 Å². The maximum Gasteiger partial charge on any atom is 0.123 e. The number of benzene rings is 1. The molecule has 5 heteroatoms. The molecule has 1 aromatic heterocycles. The summed E-state index contributed by atoms with van der Waals surface area (Å²) in [5.74, 6) is 5.25. The number of hydrogen-bond donors (Lipinski definition) is 2. The topological polar surface area (TPSA) is 50.9 Å². The highest BCUT2D eigenvalue weighted by atomic mass is 35.5. The quantitative estimate of drug-likeness (QED) is 0.653. The van der Waals surface area contributed by atoms with E-state index in [-0.39, 0.29) is 11.9 Å². The Labute approximate surface area is 116 Å². The molecule has 0 spiro atoms. The number of aromatic nitrogens is 1. The lowest BCUT2D eigenvalue weighted by atomic mass is 10.0. The van der Waals surface area contributed by atoms with Crippen molar-refractivity contribution in [2.75, 3.05) is 0 Å². The zero-order valence-corrected chi connectivity index (χ0v) is 11.1. The van der Waals surface area contributed by atoms with Crippen molar-refractivity contribution < 1.29 is 4.39 Å². The number of rotatable bonds is 5. The van der Waals surface area contributed by atoms with Gasteiger partial charge in [0, 0.05) is 23.5 Å². The van der Waals surface area contributed by atoms with Gasteiger partial charge < -0.3 is 0 Å². The highest BCUT2D eigenvalue weighted by Crippen LogP contribution is 2.19. The molecule has 1 heterocycles. The van der Waals surface area contributed by atoms with Gasteiger partial charge in [0.05, 0.1) is 0 Å². The maximum absolute atomic E-state index is 13.2. The average molecular weight is 280 g/mol. The van der Waals surface area contributed by atoms with Crippen molar-refractivity contribution in [3.05, 3.63) is 64.7 Å². The Morgan fingerprint density at radius 2 is 2.16 bits per heavy atom. The van der Waals surface area contributed by atoms with Crippen molar-refractivity contribution in [1.82, 2.24) is 10.4 Å². The molecule has 0 saturated heterocycles. The monoisotopic (exact) mass is 279 g/mol. The van der Waals surface area contributed by atoms with Crippen molar-refractivity contribution in [3.63, 3.8) is 0 Å². The minimum absolute atomic E-state index is 0.0245. The van der Waals surface area contributed by atoms with E-state index in [4.69, 9.17) is 17.4 Å². The van der Waals surface area contributed by atoms with Gasteiger partial charge in [0.25, 0.3) is 0 Å². The van der Waals surface area contributed by atoms with Crippen LogP contribution in [-0.2, 0) is 12.8 Å². The number of halogens is 2. The highest BCUT2D eigenvalue weighted by molar-refractivity contribution is 6.31. The van der Waals surface area contributed by atoms with Gasteiger partial charge in [0.15, 0.2) is 0 Å². The van der Waals surface area contributed by atoms with Crippen molar-refractivity contribution in [2.45, 2.75) is 18.9 Å². The first-order valence-electron chi connectivity index (χ1n) is 5.98. The van der Waals surface area contributed by atoms with Crippen LogP contribution in [0, 0.1) is 5.82 Å². The Balaban J connectivity index is 2.09. The van der Waals surface area contributed by atoms with Crippen LogP contribution in [0.5, 0.6) is 0 Å². The van der Waals surface area contributed by atoms with Gasteiger partial charge in [-0.05, 0) is 48.2 Å². The Bertz CT molecular complexity index is 533. The molecule has 0 radical (unpaired) electrons. The number of pyridine rings is 1. The van der Waals surface area contributed by atoms with E-state index in [1.54, 1.807) is 18.5 Å². The van der Waals surface area contributed by atoms with E-state index in [9.17, 15) is 4.39 Å². The summed E-state index contributed by atoms with van der Waals surface area (Å²) in [6.45, 7) is 0. The van der Waals surface area contributed by atoms with E-state index >= 15 is 0 Å². The van der Waals surface area contributed by atoms with E-state index < -0.39 is 0 Å². The van der Waals surface area contributed by atoms with Crippen LogP contribution in [0.3, 0.4) is 0 Å². The summed E-state index contributed by atoms with van der Waals surface area (Å²) in [6, 6.07) is 8.17. The third-order valence-corrected chi connectivity index (χ3v) is 3.28. The molecule has 1 unspecified atom stereocenters. The summed E-state index contributed by atoms with van der Waals surface area (Å²) in [5.41, 5.74) is 4.55. The molecule has 0 amide bonds. The van der Waals surface area contributed by atoms with Crippen LogP contribution >= 0.6 is 11.6 Å². The number of hydrazine groups is 1. The van der Waals surface area contributed by atoms with Crippen molar-refractivity contribution in [2.24, 2.45) is 5.84 Å². The molecule has 0 bridgehead atoms. The van der Waals surface area contributed by atoms with Gasteiger partial charge in [0.2, 0.25) is 0 Å². The fourth-order valence-electron chi connectivity index (χ4n) is 1.96. The van der Waals surface area contributed by atoms with Gasteiger partial charge in [-0.2, -0.15) is 0 Å². The Morgan fingerprint density at radius 1 is 1.32 bits per heavy atom. The first-order chi connectivity index (χ1) is 9.19. The van der Waals surface area contributed by atoms with Crippen LogP contribution < -0.4 is 11.3 Å². The smallest absolute Gasteiger partial charge is 0.123 e. The molecule has 1 atom stereocenters. The van der Waals surface area contributed by atoms with Gasteiger partial charge in [-0.25, -0.2) is 4.39 Å². The van der Waals surface area contributed by atoms with Crippen molar-refractivity contribution in [1.29, 1.82) is 0 Å². The molecule has 0 fully saturated rings. The van der Waals surface area contributed by atoms with Gasteiger partial charge in [-0.15, -0.1) is 0 Å². The fraction of sp³-hybridized carbons (Fsp3) is 0.214. The van der Waals surface area contributed by atoms with Crippen LogP contribution in [0.1, 0.15) is 11.1 Å². The zero-order chi connectivity index (χ0) is 13.7. The normalized spacial score (nSPS) is 12.4. The number of nitrogens with one attached hydrogen (secondary N) is 1. The van der Waals surface area contributed by atoms with Crippen LogP contribution in [0.4, 0.5) is 4.39 Å². The molecule has 3 N–H and O–H groups in total. The molecule has 19 heavy (non-hydrogen) atoms. The second-order valence-electron chi connectivity index (χ2n) is 4.37. The van der Waals surface area contributed by atoms with Crippen LogP contribution in [0.25, 0.3) is 0 Å². The lowest BCUT2D eigenvalue weighted by Gasteiger charge is -2.16. The molecule has 3 nitrogen and oxygen atoms in total. The standard InChI is InChI=1S/C14H15ClFN3/c15-14-4-3-12(16)7-11(14)8-13(19-17)6-10-2-1-5-18-9-10/h1-5,7,9,13,19H,6,8,17H2. The van der Waals surface area contributed by atoms with Gasteiger partial charge >= 0.3 is 0 Å². The molecule has 1 aromatic carbocycles. The second-order valence-corrected chi connectivity index (χ2v) is 4.78. The Morgan fingerprint density at radius 3 is 2.84 bits per heavy atom. The summed E-state index contributed by atoms with van der Waals surface area (Å²) >= 11 is 6.05. The van der Waals surface area contributed by atoms with Gasteiger partial charge in [0.1, 0.15) is 5.82 Å². The van der Waals surface area contributed by atoms with Gasteiger partial charge in [-0.3, -0.25) is 16.3 Å². The summed E-state index contributed by atoms with van der Waals surface area (Å²) in [6.07, 6.45) is 4.77. The predicted molar refractivity (Wildman–Crippen MR) is 74.2 cm³/mol. The first-order valence-corrected chi connectivity index (χ1v) is 6.36. The maximum atomic E-state index is 13.2. The molecule has 0 saturated carbocycles. The van der Waals surface area contributed by atoms with Crippen LogP contribution in [0.2, 0.25) is 5.02 Å². The third-order valence-electron chi connectivity index (χ3n) is 2.91. The minimum Gasteiger partial charge on any atom is -0.271 e. The second kappa shape index (κ2) is 6.61. The van der Waals surface area contributed by atoms with E-state index in [2.05, 4.69) is 10.4 Å². The molecular formula is C14H15ClFN3. The van der Waals surface area contributed by atoms with Crippen molar-refractivity contribution >= 4 is 11.6 Å². The van der Waals surface area contributed by atoms with Crippen LogP contribution in [-0.4, -0.2) is 11.0 Å². The largest absolute Gasteiger partial charge is 0.271 e. The summed E-state index contributed by atoms with van der Waals surface area (Å²) < 4.78 is 13.2. The summed E-state index contributed by atoms with van der Waals surface area (Å²) in [7, 11) is 0. The van der Waals surface area contributed by atoms with Crippen LogP contribution in [0.15, 0.2) is 42.7 Å². The molecule has 2 rings (SSSR count). The van der Waals surface area contributed by atoms with Gasteiger partial charge in [-0.1, -0.05) is 17.7 Å². The SMILES string of the molecule is NNC(Cc1cccnc1)Cc1cc(F)ccc1Cl. The highest BCUT2D eigenvalue weighted by Gasteiger charge is 2.12. The van der Waals surface area contributed by atoms with E-state index in [1.807, 2.05) is 12.1 Å². The molecule has 100 valence electrons. The summed E-state index contributed by atoms with van der Waals surface area (Å²) in [5, 5.41) is 0.549.